The van der Waals surface area contributed by atoms with Gasteiger partial charge in [0.1, 0.15) is 5.75 Å². The zero-order valence-corrected chi connectivity index (χ0v) is 10.6. The van der Waals surface area contributed by atoms with E-state index in [9.17, 15) is 0 Å². The van der Waals surface area contributed by atoms with E-state index in [2.05, 4.69) is 17.1 Å². The Kier molecular flexibility index (Phi) is 2.95. The SMILES string of the molecule is N#CC1(CCOc2cnc3c(c2)CCCC3)CC1. The highest BCUT2D eigenvalue weighted by atomic mass is 16.5. The zero-order valence-electron chi connectivity index (χ0n) is 10.6. The Labute approximate surface area is 108 Å². The highest BCUT2D eigenvalue weighted by Gasteiger charge is 2.42. The first kappa shape index (κ1) is 11.5. The molecular formula is C15H18N2O. The number of fused-ring (bicyclic) bond motifs is 1. The van der Waals surface area contributed by atoms with E-state index in [4.69, 9.17) is 10.00 Å². The lowest BCUT2D eigenvalue weighted by atomic mass is 9.96. The van der Waals surface area contributed by atoms with Crippen LogP contribution < -0.4 is 4.74 Å². The Morgan fingerprint density at radius 3 is 2.94 bits per heavy atom. The lowest BCUT2D eigenvalue weighted by Gasteiger charge is -2.16. The van der Waals surface area contributed by atoms with E-state index in [1.165, 1.54) is 24.1 Å². The van der Waals surface area contributed by atoms with E-state index in [-0.39, 0.29) is 5.41 Å². The third kappa shape index (κ3) is 2.33. The normalized spacial score (nSPS) is 19.7. The van der Waals surface area contributed by atoms with E-state index in [1.807, 2.05) is 6.20 Å². The lowest BCUT2D eigenvalue weighted by molar-refractivity contribution is 0.287. The minimum atomic E-state index is -0.0678. The zero-order chi connectivity index (χ0) is 12.4. The van der Waals surface area contributed by atoms with Crippen molar-refractivity contribution in [3.63, 3.8) is 0 Å². The fourth-order valence-electron chi connectivity index (χ4n) is 2.58. The van der Waals surface area contributed by atoms with Crippen LogP contribution in [0.2, 0.25) is 0 Å². The molecule has 18 heavy (non-hydrogen) atoms. The van der Waals surface area contributed by atoms with Crippen LogP contribution >= 0.6 is 0 Å². The van der Waals surface area contributed by atoms with Crippen LogP contribution in [0.25, 0.3) is 0 Å². The van der Waals surface area contributed by atoms with Gasteiger partial charge in [-0.25, -0.2) is 0 Å². The number of rotatable bonds is 4. The Balaban J connectivity index is 1.58. The average molecular weight is 242 g/mol. The van der Waals surface area contributed by atoms with Crippen molar-refractivity contribution in [3.05, 3.63) is 23.5 Å². The second-order valence-electron chi connectivity index (χ2n) is 5.47. The molecular weight excluding hydrogens is 224 g/mol. The Morgan fingerprint density at radius 2 is 2.17 bits per heavy atom. The molecule has 0 spiro atoms. The van der Waals surface area contributed by atoms with Gasteiger partial charge < -0.3 is 4.74 Å². The molecule has 0 unspecified atom stereocenters. The number of pyridine rings is 1. The maximum Gasteiger partial charge on any atom is 0.137 e. The second-order valence-corrected chi connectivity index (χ2v) is 5.47. The molecule has 3 heteroatoms. The minimum Gasteiger partial charge on any atom is -0.492 e. The van der Waals surface area contributed by atoms with E-state index in [1.54, 1.807) is 0 Å². The molecule has 2 aliphatic rings. The Hall–Kier alpha value is -1.56. The molecule has 0 saturated heterocycles. The van der Waals surface area contributed by atoms with Crippen LogP contribution in [0.3, 0.4) is 0 Å². The quantitative estimate of drug-likeness (QED) is 0.815. The molecule has 0 atom stereocenters. The van der Waals surface area contributed by atoms with Gasteiger partial charge in [-0.05, 0) is 50.2 Å². The summed E-state index contributed by atoms with van der Waals surface area (Å²) in [6, 6.07) is 4.53. The maximum absolute atomic E-state index is 8.99. The molecule has 0 amide bonds. The molecule has 0 aromatic carbocycles. The highest BCUT2D eigenvalue weighted by Crippen LogP contribution is 2.47. The Morgan fingerprint density at radius 1 is 1.33 bits per heavy atom. The van der Waals surface area contributed by atoms with Crippen molar-refractivity contribution in [1.82, 2.24) is 4.98 Å². The molecule has 94 valence electrons. The van der Waals surface area contributed by atoms with Crippen molar-refractivity contribution < 1.29 is 4.74 Å². The lowest BCUT2D eigenvalue weighted by Crippen LogP contribution is -2.08. The molecule has 1 fully saturated rings. The fraction of sp³-hybridized carbons (Fsp3) is 0.600. The summed E-state index contributed by atoms with van der Waals surface area (Å²) in [5.74, 6) is 0.865. The third-order valence-corrected chi connectivity index (χ3v) is 4.08. The summed E-state index contributed by atoms with van der Waals surface area (Å²) in [4.78, 5) is 4.48. The van der Waals surface area contributed by atoms with E-state index in [0.29, 0.717) is 6.61 Å². The van der Waals surface area contributed by atoms with Gasteiger partial charge in [0, 0.05) is 12.1 Å². The number of hydrogen-bond donors (Lipinski definition) is 0. The van der Waals surface area contributed by atoms with Gasteiger partial charge in [-0.1, -0.05) is 0 Å². The van der Waals surface area contributed by atoms with Gasteiger partial charge >= 0.3 is 0 Å². The van der Waals surface area contributed by atoms with Gasteiger partial charge in [-0.15, -0.1) is 0 Å². The molecule has 0 aliphatic heterocycles. The second kappa shape index (κ2) is 4.61. The van der Waals surface area contributed by atoms with E-state index >= 15 is 0 Å². The van der Waals surface area contributed by atoms with Crippen LogP contribution in [0.5, 0.6) is 5.75 Å². The van der Waals surface area contributed by atoms with Crippen molar-refractivity contribution >= 4 is 0 Å². The van der Waals surface area contributed by atoms with Crippen LogP contribution in [-0.4, -0.2) is 11.6 Å². The van der Waals surface area contributed by atoms with Crippen molar-refractivity contribution in [2.45, 2.75) is 44.9 Å². The van der Waals surface area contributed by atoms with Crippen LogP contribution in [0.4, 0.5) is 0 Å². The first-order valence-corrected chi connectivity index (χ1v) is 6.83. The van der Waals surface area contributed by atoms with Crippen molar-refractivity contribution in [3.8, 4) is 11.8 Å². The third-order valence-electron chi connectivity index (χ3n) is 4.08. The summed E-state index contributed by atoms with van der Waals surface area (Å²) in [7, 11) is 0. The van der Waals surface area contributed by atoms with Gasteiger partial charge in [-0.2, -0.15) is 5.26 Å². The number of aromatic nitrogens is 1. The standard InChI is InChI=1S/C15H18N2O/c16-11-15(5-6-15)7-8-18-13-9-12-3-1-2-4-14(12)17-10-13/h9-10H,1-8H2. The number of ether oxygens (including phenoxy) is 1. The highest BCUT2D eigenvalue weighted by molar-refractivity contribution is 5.31. The van der Waals surface area contributed by atoms with Gasteiger partial charge in [-0.3, -0.25) is 4.98 Å². The first-order valence-electron chi connectivity index (χ1n) is 6.83. The number of hydrogen-bond acceptors (Lipinski definition) is 3. The monoisotopic (exact) mass is 242 g/mol. The van der Waals surface area contributed by atoms with Crippen molar-refractivity contribution in [2.75, 3.05) is 6.61 Å². The molecule has 1 heterocycles. The van der Waals surface area contributed by atoms with Crippen molar-refractivity contribution in [2.24, 2.45) is 5.41 Å². The minimum absolute atomic E-state index is 0.0678. The molecule has 2 aliphatic carbocycles. The summed E-state index contributed by atoms with van der Waals surface area (Å²) in [5, 5.41) is 8.99. The predicted octanol–water partition coefficient (Wildman–Crippen LogP) is 3.03. The molecule has 0 radical (unpaired) electrons. The van der Waals surface area contributed by atoms with Gasteiger partial charge in [0.05, 0.1) is 24.3 Å². The van der Waals surface area contributed by atoms with Crippen LogP contribution in [0.1, 0.15) is 43.4 Å². The number of nitriles is 1. The van der Waals surface area contributed by atoms with Gasteiger partial charge in [0.15, 0.2) is 0 Å². The van der Waals surface area contributed by atoms with E-state index < -0.39 is 0 Å². The fourth-order valence-corrected chi connectivity index (χ4v) is 2.58. The van der Waals surface area contributed by atoms with Gasteiger partial charge in [0.2, 0.25) is 0 Å². The van der Waals surface area contributed by atoms with Gasteiger partial charge in [0.25, 0.3) is 0 Å². The van der Waals surface area contributed by atoms with Crippen molar-refractivity contribution in [1.29, 1.82) is 5.26 Å². The summed E-state index contributed by atoms with van der Waals surface area (Å²) in [5.41, 5.74) is 2.52. The van der Waals surface area contributed by atoms with Crippen LogP contribution in [0, 0.1) is 16.7 Å². The largest absolute Gasteiger partial charge is 0.492 e. The summed E-state index contributed by atoms with van der Waals surface area (Å²) >= 11 is 0. The molecule has 1 aromatic rings. The summed E-state index contributed by atoms with van der Waals surface area (Å²) in [6.07, 6.45) is 9.50. The summed E-state index contributed by atoms with van der Waals surface area (Å²) < 4.78 is 5.74. The molecule has 3 rings (SSSR count). The van der Waals surface area contributed by atoms with E-state index in [0.717, 1.165) is 37.9 Å². The topological polar surface area (TPSA) is 45.9 Å². The molecule has 1 aromatic heterocycles. The molecule has 0 bridgehead atoms. The smallest absolute Gasteiger partial charge is 0.137 e. The van der Waals surface area contributed by atoms with Crippen LogP contribution in [0.15, 0.2) is 12.3 Å². The number of aryl methyl sites for hydroxylation is 2. The molecule has 3 nitrogen and oxygen atoms in total. The summed E-state index contributed by atoms with van der Waals surface area (Å²) in [6.45, 7) is 0.633. The Bertz CT molecular complexity index is 486. The van der Waals surface area contributed by atoms with Crippen LogP contribution in [-0.2, 0) is 12.8 Å². The maximum atomic E-state index is 8.99. The molecule has 0 N–H and O–H groups in total. The first-order chi connectivity index (χ1) is 8.81. The number of nitrogens with zero attached hydrogens (tertiary/aromatic N) is 2. The predicted molar refractivity (Wildman–Crippen MR) is 68.3 cm³/mol. The average Bonchev–Trinajstić information content (AvgIpc) is 3.19. The molecule has 1 saturated carbocycles.